The van der Waals surface area contributed by atoms with Crippen LogP contribution in [0, 0.1) is 11.8 Å². The Hall–Kier alpha value is -0.570. The lowest BCUT2D eigenvalue weighted by molar-refractivity contribution is -0.150. The monoisotopic (exact) mass is 213 g/mol. The minimum Gasteiger partial charge on any atom is -0.480 e. The SMILES string of the molecule is CC1CCC(NC(C)C)(C(=O)O)C(C)C1. The summed E-state index contributed by atoms with van der Waals surface area (Å²) in [5, 5.41) is 12.7. The molecule has 0 radical (unpaired) electrons. The highest BCUT2D eigenvalue weighted by Crippen LogP contribution is 2.37. The van der Waals surface area contributed by atoms with Gasteiger partial charge in [0.2, 0.25) is 0 Å². The normalized spacial score (nSPS) is 36.9. The standard InChI is InChI=1S/C12H23NO2/c1-8(2)13-12(11(14)15)6-5-9(3)7-10(12)4/h8-10,13H,5-7H2,1-4H3,(H,14,15). The molecule has 0 amide bonds. The molecule has 1 rings (SSSR count). The van der Waals surface area contributed by atoms with Gasteiger partial charge in [0, 0.05) is 6.04 Å². The Morgan fingerprint density at radius 1 is 1.47 bits per heavy atom. The molecule has 3 heteroatoms. The minimum atomic E-state index is -0.694. The van der Waals surface area contributed by atoms with Gasteiger partial charge in [-0.1, -0.05) is 13.8 Å². The molecular formula is C12H23NO2. The summed E-state index contributed by atoms with van der Waals surface area (Å²) in [4.78, 5) is 11.5. The van der Waals surface area contributed by atoms with Crippen LogP contribution >= 0.6 is 0 Å². The van der Waals surface area contributed by atoms with E-state index in [-0.39, 0.29) is 12.0 Å². The van der Waals surface area contributed by atoms with Gasteiger partial charge in [0.1, 0.15) is 5.54 Å². The summed E-state index contributed by atoms with van der Waals surface area (Å²) < 4.78 is 0. The van der Waals surface area contributed by atoms with E-state index in [0.717, 1.165) is 19.3 Å². The number of carboxylic acids is 1. The molecule has 3 atom stereocenters. The largest absolute Gasteiger partial charge is 0.480 e. The van der Waals surface area contributed by atoms with Crippen LogP contribution < -0.4 is 5.32 Å². The van der Waals surface area contributed by atoms with Crippen LogP contribution in [-0.4, -0.2) is 22.7 Å². The van der Waals surface area contributed by atoms with Crippen molar-refractivity contribution in [1.29, 1.82) is 0 Å². The average molecular weight is 213 g/mol. The van der Waals surface area contributed by atoms with E-state index in [1.165, 1.54) is 0 Å². The Balaban J connectivity index is 2.85. The van der Waals surface area contributed by atoms with Gasteiger partial charge >= 0.3 is 5.97 Å². The molecule has 88 valence electrons. The number of rotatable bonds is 3. The van der Waals surface area contributed by atoms with Crippen LogP contribution in [0.1, 0.15) is 47.0 Å². The van der Waals surface area contributed by atoms with Gasteiger partial charge in [-0.2, -0.15) is 0 Å². The van der Waals surface area contributed by atoms with Crippen molar-refractivity contribution in [3.8, 4) is 0 Å². The molecule has 3 unspecified atom stereocenters. The molecule has 3 nitrogen and oxygen atoms in total. The van der Waals surface area contributed by atoms with Gasteiger partial charge in [-0.05, 0) is 44.9 Å². The van der Waals surface area contributed by atoms with Gasteiger partial charge in [0.05, 0.1) is 0 Å². The summed E-state index contributed by atoms with van der Waals surface area (Å²) in [6.45, 7) is 8.28. The van der Waals surface area contributed by atoms with Crippen LogP contribution in [0.2, 0.25) is 0 Å². The molecule has 0 spiro atoms. The maximum atomic E-state index is 11.5. The third-order valence-electron chi connectivity index (χ3n) is 3.56. The van der Waals surface area contributed by atoms with Crippen molar-refractivity contribution < 1.29 is 9.90 Å². The predicted octanol–water partition coefficient (Wildman–Crippen LogP) is 2.26. The van der Waals surface area contributed by atoms with Crippen LogP contribution in [0.5, 0.6) is 0 Å². The molecule has 0 aromatic heterocycles. The van der Waals surface area contributed by atoms with Crippen LogP contribution in [-0.2, 0) is 4.79 Å². The van der Waals surface area contributed by atoms with E-state index in [4.69, 9.17) is 0 Å². The molecule has 1 aliphatic rings. The van der Waals surface area contributed by atoms with Crippen molar-refractivity contribution in [3.63, 3.8) is 0 Å². The quantitative estimate of drug-likeness (QED) is 0.756. The zero-order chi connectivity index (χ0) is 11.6. The fourth-order valence-electron chi connectivity index (χ4n) is 2.75. The summed E-state index contributed by atoms with van der Waals surface area (Å²) in [6.07, 6.45) is 2.77. The molecule has 0 saturated heterocycles. The van der Waals surface area contributed by atoms with E-state index >= 15 is 0 Å². The number of carboxylic acid groups (broad SMARTS) is 1. The Kier molecular flexibility index (Phi) is 3.77. The number of carbonyl (C=O) groups is 1. The van der Waals surface area contributed by atoms with Crippen molar-refractivity contribution in [3.05, 3.63) is 0 Å². The molecule has 0 heterocycles. The minimum absolute atomic E-state index is 0.209. The molecule has 0 aromatic rings. The number of hydrogen-bond acceptors (Lipinski definition) is 2. The molecule has 1 saturated carbocycles. The first-order chi connectivity index (χ1) is 6.88. The van der Waals surface area contributed by atoms with E-state index in [2.05, 4.69) is 19.2 Å². The van der Waals surface area contributed by atoms with Crippen molar-refractivity contribution in [1.82, 2.24) is 5.32 Å². The zero-order valence-corrected chi connectivity index (χ0v) is 10.2. The molecule has 15 heavy (non-hydrogen) atoms. The summed E-state index contributed by atoms with van der Waals surface area (Å²) >= 11 is 0. The van der Waals surface area contributed by atoms with Gasteiger partial charge in [-0.3, -0.25) is 10.1 Å². The highest BCUT2D eigenvalue weighted by atomic mass is 16.4. The first kappa shape index (κ1) is 12.5. The van der Waals surface area contributed by atoms with E-state index in [1.54, 1.807) is 0 Å². The van der Waals surface area contributed by atoms with Crippen molar-refractivity contribution in [2.45, 2.75) is 58.5 Å². The van der Waals surface area contributed by atoms with Gasteiger partial charge < -0.3 is 5.11 Å². The molecule has 0 aliphatic heterocycles. The smallest absolute Gasteiger partial charge is 0.324 e. The molecule has 2 N–H and O–H groups in total. The maximum Gasteiger partial charge on any atom is 0.324 e. The van der Waals surface area contributed by atoms with E-state index in [1.807, 2.05) is 13.8 Å². The number of nitrogens with one attached hydrogen (secondary N) is 1. The van der Waals surface area contributed by atoms with Crippen LogP contribution in [0.15, 0.2) is 0 Å². The van der Waals surface area contributed by atoms with Crippen molar-refractivity contribution in [2.75, 3.05) is 0 Å². The summed E-state index contributed by atoms with van der Waals surface area (Å²) in [5.74, 6) is 0.179. The molecule has 0 aromatic carbocycles. The fourth-order valence-corrected chi connectivity index (χ4v) is 2.75. The van der Waals surface area contributed by atoms with Crippen molar-refractivity contribution >= 4 is 5.97 Å². The first-order valence-electron chi connectivity index (χ1n) is 5.89. The van der Waals surface area contributed by atoms with Crippen LogP contribution in [0.3, 0.4) is 0 Å². The Bertz CT molecular complexity index is 240. The molecule has 0 bridgehead atoms. The van der Waals surface area contributed by atoms with Gasteiger partial charge in [-0.25, -0.2) is 0 Å². The molecule has 1 aliphatic carbocycles. The Labute approximate surface area is 92.3 Å². The first-order valence-corrected chi connectivity index (χ1v) is 5.89. The summed E-state index contributed by atoms with van der Waals surface area (Å²) in [7, 11) is 0. The highest BCUT2D eigenvalue weighted by Gasteiger charge is 2.46. The second-order valence-electron chi connectivity index (χ2n) is 5.36. The van der Waals surface area contributed by atoms with E-state index < -0.39 is 11.5 Å². The Morgan fingerprint density at radius 2 is 2.07 bits per heavy atom. The van der Waals surface area contributed by atoms with Crippen LogP contribution in [0.25, 0.3) is 0 Å². The lowest BCUT2D eigenvalue weighted by atomic mass is 9.69. The van der Waals surface area contributed by atoms with Gasteiger partial charge in [-0.15, -0.1) is 0 Å². The lowest BCUT2D eigenvalue weighted by Gasteiger charge is -2.43. The second kappa shape index (κ2) is 4.52. The topological polar surface area (TPSA) is 49.3 Å². The molecule has 1 fully saturated rings. The van der Waals surface area contributed by atoms with Crippen molar-refractivity contribution in [2.24, 2.45) is 11.8 Å². The number of hydrogen-bond donors (Lipinski definition) is 2. The molecular weight excluding hydrogens is 190 g/mol. The van der Waals surface area contributed by atoms with E-state index in [9.17, 15) is 9.90 Å². The number of aliphatic carboxylic acids is 1. The predicted molar refractivity (Wildman–Crippen MR) is 60.8 cm³/mol. The maximum absolute atomic E-state index is 11.5. The second-order valence-corrected chi connectivity index (χ2v) is 5.36. The van der Waals surface area contributed by atoms with E-state index in [0.29, 0.717) is 5.92 Å². The third kappa shape index (κ3) is 2.51. The zero-order valence-electron chi connectivity index (χ0n) is 10.2. The average Bonchev–Trinajstić information content (AvgIpc) is 2.09. The van der Waals surface area contributed by atoms with Crippen LogP contribution in [0.4, 0.5) is 0 Å². The summed E-state index contributed by atoms with van der Waals surface area (Å²) in [6, 6.07) is 0.219. The van der Waals surface area contributed by atoms with Gasteiger partial charge in [0.25, 0.3) is 0 Å². The summed E-state index contributed by atoms with van der Waals surface area (Å²) in [5.41, 5.74) is -0.694. The highest BCUT2D eigenvalue weighted by molar-refractivity contribution is 5.79. The lowest BCUT2D eigenvalue weighted by Crippen LogP contribution is -2.60. The van der Waals surface area contributed by atoms with Gasteiger partial charge in [0.15, 0.2) is 0 Å². The Morgan fingerprint density at radius 3 is 2.47 bits per heavy atom. The third-order valence-corrected chi connectivity index (χ3v) is 3.56. The fraction of sp³-hybridized carbons (Fsp3) is 0.917.